The highest BCUT2D eigenvalue weighted by Gasteiger charge is 2.07. The van der Waals surface area contributed by atoms with Gasteiger partial charge in [-0.3, -0.25) is 0 Å². The molecule has 2 nitrogen and oxygen atoms in total. The highest BCUT2D eigenvalue weighted by molar-refractivity contribution is 5.57. The molecule has 0 saturated heterocycles. The van der Waals surface area contributed by atoms with Gasteiger partial charge in [0.1, 0.15) is 23.2 Å². The molecule has 0 saturated carbocycles. The van der Waals surface area contributed by atoms with E-state index in [0.717, 1.165) is 24.8 Å². The first-order chi connectivity index (χ1) is 8.69. The van der Waals surface area contributed by atoms with Gasteiger partial charge in [-0.05, 0) is 37.2 Å². The Hall–Kier alpha value is -1.68. The number of hydrogen-bond acceptors (Lipinski definition) is 2. The average Bonchev–Trinajstić information content (AvgIpc) is 2.77. The van der Waals surface area contributed by atoms with Gasteiger partial charge < -0.3 is 9.73 Å². The van der Waals surface area contributed by atoms with Crippen LogP contribution in [0.4, 0.5) is 8.78 Å². The molecule has 0 unspecified atom stereocenters. The second-order valence-electron chi connectivity index (χ2n) is 4.10. The maximum Gasteiger partial charge on any atom is 0.134 e. The van der Waals surface area contributed by atoms with E-state index in [1.54, 1.807) is 12.1 Å². The van der Waals surface area contributed by atoms with Gasteiger partial charge in [0.2, 0.25) is 0 Å². The fourth-order valence-electron chi connectivity index (χ4n) is 1.71. The highest BCUT2D eigenvalue weighted by Crippen LogP contribution is 2.23. The minimum Gasteiger partial charge on any atom is -0.460 e. The summed E-state index contributed by atoms with van der Waals surface area (Å²) in [6, 6.07) is 6.88. The van der Waals surface area contributed by atoms with Crippen molar-refractivity contribution in [3.63, 3.8) is 0 Å². The van der Waals surface area contributed by atoms with Gasteiger partial charge in [-0.25, -0.2) is 8.78 Å². The van der Waals surface area contributed by atoms with Crippen molar-refractivity contribution < 1.29 is 13.2 Å². The van der Waals surface area contributed by atoms with Crippen LogP contribution < -0.4 is 5.32 Å². The number of rotatable bonds is 5. The maximum atomic E-state index is 13.1. The van der Waals surface area contributed by atoms with Crippen molar-refractivity contribution in [2.45, 2.75) is 19.9 Å². The van der Waals surface area contributed by atoms with E-state index in [9.17, 15) is 8.78 Å². The van der Waals surface area contributed by atoms with Gasteiger partial charge in [0.25, 0.3) is 0 Å². The van der Waals surface area contributed by atoms with Crippen molar-refractivity contribution in [3.05, 3.63) is 47.7 Å². The minimum atomic E-state index is -0.605. The molecule has 0 radical (unpaired) electrons. The lowest BCUT2D eigenvalue weighted by Crippen LogP contribution is -2.12. The van der Waals surface area contributed by atoms with Crippen molar-refractivity contribution in [1.82, 2.24) is 5.32 Å². The molecule has 2 rings (SSSR count). The molecule has 1 aromatic carbocycles. The van der Waals surface area contributed by atoms with Gasteiger partial charge in [-0.15, -0.1) is 0 Å². The Morgan fingerprint density at radius 1 is 1.11 bits per heavy atom. The van der Waals surface area contributed by atoms with Crippen LogP contribution in [-0.2, 0) is 6.54 Å². The monoisotopic (exact) mass is 251 g/mol. The topological polar surface area (TPSA) is 25.2 Å². The van der Waals surface area contributed by atoms with E-state index < -0.39 is 11.6 Å². The predicted octanol–water partition coefficient (Wildman–Crippen LogP) is 3.72. The van der Waals surface area contributed by atoms with Gasteiger partial charge in [-0.1, -0.05) is 6.92 Å². The van der Waals surface area contributed by atoms with Crippen LogP contribution >= 0.6 is 0 Å². The smallest absolute Gasteiger partial charge is 0.134 e. The van der Waals surface area contributed by atoms with Gasteiger partial charge in [0.05, 0.1) is 6.54 Å². The van der Waals surface area contributed by atoms with Gasteiger partial charge in [0.15, 0.2) is 0 Å². The van der Waals surface area contributed by atoms with Gasteiger partial charge in [0, 0.05) is 11.6 Å². The zero-order valence-corrected chi connectivity index (χ0v) is 10.2. The summed E-state index contributed by atoms with van der Waals surface area (Å²) in [6.07, 6.45) is 1.04. The third-order valence-corrected chi connectivity index (χ3v) is 2.53. The second-order valence-corrected chi connectivity index (χ2v) is 4.10. The molecule has 1 heterocycles. The van der Waals surface area contributed by atoms with E-state index in [2.05, 4.69) is 12.2 Å². The van der Waals surface area contributed by atoms with Crippen LogP contribution in [0.1, 0.15) is 19.1 Å². The van der Waals surface area contributed by atoms with Gasteiger partial charge >= 0.3 is 0 Å². The van der Waals surface area contributed by atoms with E-state index >= 15 is 0 Å². The molecule has 18 heavy (non-hydrogen) atoms. The van der Waals surface area contributed by atoms with Crippen LogP contribution in [0.3, 0.4) is 0 Å². The molecule has 0 aliphatic rings. The molecule has 0 aliphatic heterocycles. The summed E-state index contributed by atoms with van der Waals surface area (Å²) in [5.41, 5.74) is 0.411. The molecule has 96 valence electrons. The molecule has 1 N–H and O–H groups in total. The Kier molecular flexibility index (Phi) is 4.10. The minimum absolute atomic E-state index is 0.411. The van der Waals surface area contributed by atoms with Crippen molar-refractivity contribution >= 4 is 0 Å². The molecule has 0 atom stereocenters. The second kappa shape index (κ2) is 5.78. The van der Waals surface area contributed by atoms with E-state index in [4.69, 9.17) is 4.42 Å². The first-order valence-corrected chi connectivity index (χ1v) is 5.95. The molecule has 1 aromatic heterocycles. The lowest BCUT2D eigenvalue weighted by atomic mass is 10.1. The number of halogens is 2. The van der Waals surface area contributed by atoms with Crippen molar-refractivity contribution in [1.29, 1.82) is 0 Å². The highest BCUT2D eigenvalue weighted by atomic mass is 19.1. The number of hydrogen-bond donors (Lipinski definition) is 1. The van der Waals surface area contributed by atoms with Crippen molar-refractivity contribution in [3.8, 4) is 11.3 Å². The Labute approximate surface area is 105 Å². The zero-order chi connectivity index (χ0) is 13.0. The Morgan fingerprint density at radius 3 is 2.50 bits per heavy atom. The Bertz CT molecular complexity index is 502. The van der Waals surface area contributed by atoms with E-state index in [-0.39, 0.29) is 0 Å². The first-order valence-electron chi connectivity index (χ1n) is 5.95. The standard InChI is InChI=1S/C14H15F2NO/c1-2-5-17-9-13-3-4-14(18-13)10-6-11(15)8-12(16)7-10/h3-4,6-8,17H,2,5,9H2,1H3. The molecule has 0 bridgehead atoms. The third kappa shape index (κ3) is 3.17. The average molecular weight is 251 g/mol. The SMILES string of the molecule is CCCNCc1ccc(-c2cc(F)cc(F)c2)o1. The fourth-order valence-corrected chi connectivity index (χ4v) is 1.71. The zero-order valence-electron chi connectivity index (χ0n) is 10.2. The molecule has 4 heteroatoms. The summed E-state index contributed by atoms with van der Waals surface area (Å²) in [5, 5.41) is 3.20. The molecule has 0 amide bonds. The molecular weight excluding hydrogens is 236 g/mol. The Balaban J connectivity index is 2.13. The first kappa shape index (κ1) is 12.8. The summed E-state index contributed by atoms with van der Waals surface area (Å²) >= 11 is 0. The molecule has 0 aliphatic carbocycles. The van der Waals surface area contributed by atoms with Crippen LogP contribution in [0.25, 0.3) is 11.3 Å². The van der Waals surface area contributed by atoms with Crippen LogP contribution in [0, 0.1) is 11.6 Å². The molecule has 2 aromatic rings. The summed E-state index contributed by atoms with van der Waals surface area (Å²) in [4.78, 5) is 0. The molecular formula is C14H15F2NO. The normalized spacial score (nSPS) is 10.8. The lowest BCUT2D eigenvalue weighted by molar-refractivity contribution is 0.492. The van der Waals surface area contributed by atoms with Crippen LogP contribution in [-0.4, -0.2) is 6.54 Å². The quantitative estimate of drug-likeness (QED) is 0.819. The van der Waals surface area contributed by atoms with Crippen molar-refractivity contribution in [2.24, 2.45) is 0 Å². The third-order valence-electron chi connectivity index (χ3n) is 2.53. The Morgan fingerprint density at radius 2 is 1.83 bits per heavy atom. The number of benzene rings is 1. The van der Waals surface area contributed by atoms with Gasteiger partial charge in [-0.2, -0.15) is 0 Å². The lowest BCUT2D eigenvalue weighted by Gasteiger charge is -2.00. The van der Waals surface area contributed by atoms with Crippen LogP contribution in [0.15, 0.2) is 34.7 Å². The summed E-state index contributed by atoms with van der Waals surface area (Å²) < 4.78 is 31.7. The van der Waals surface area contributed by atoms with E-state index in [1.807, 2.05) is 0 Å². The van der Waals surface area contributed by atoms with E-state index in [1.165, 1.54) is 12.1 Å². The largest absolute Gasteiger partial charge is 0.460 e. The summed E-state index contributed by atoms with van der Waals surface area (Å²) in [5.74, 6) is 0.0175. The van der Waals surface area contributed by atoms with E-state index in [0.29, 0.717) is 17.9 Å². The summed E-state index contributed by atoms with van der Waals surface area (Å²) in [6.45, 7) is 3.60. The summed E-state index contributed by atoms with van der Waals surface area (Å²) in [7, 11) is 0. The number of nitrogens with one attached hydrogen (secondary N) is 1. The molecule has 0 spiro atoms. The maximum absolute atomic E-state index is 13.1. The van der Waals surface area contributed by atoms with Crippen LogP contribution in [0.5, 0.6) is 0 Å². The van der Waals surface area contributed by atoms with Crippen LogP contribution in [0.2, 0.25) is 0 Å². The molecule has 0 fully saturated rings. The van der Waals surface area contributed by atoms with Crippen molar-refractivity contribution in [2.75, 3.05) is 6.54 Å². The fraction of sp³-hybridized carbons (Fsp3) is 0.286. The predicted molar refractivity (Wildman–Crippen MR) is 66.1 cm³/mol. The number of furan rings is 1.